The number of hydrogen-bond acceptors (Lipinski definition) is 5. The third kappa shape index (κ3) is 5.50. The van der Waals surface area contributed by atoms with Crippen molar-refractivity contribution < 1.29 is 13.5 Å². The molecule has 0 bridgehead atoms. The van der Waals surface area contributed by atoms with Gasteiger partial charge in [-0.2, -0.15) is 4.31 Å². The van der Waals surface area contributed by atoms with Gasteiger partial charge in [0.25, 0.3) is 0 Å². The van der Waals surface area contributed by atoms with Gasteiger partial charge in [-0.25, -0.2) is 13.4 Å². The second-order valence-corrected chi connectivity index (χ2v) is 11.5. The largest absolute Gasteiger partial charge is 0.396 e. The molecular weight excluding hydrogens is 558 g/mol. The molecule has 4 aromatic rings. The van der Waals surface area contributed by atoms with Crippen molar-refractivity contribution in [2.24, 2.45) is 4.99 Å². The molecular formula is C27H30BrN3O3S2. The predicted molar refractivity (Wildman–Crippen MR) is 152 cm³/mol. The smallest absolute Gasteiger partial charge is 0.243 e. The van der Waals surface area contributed by atoms with Gasteiger partial charge in [-0.1, -0.05) is 55.0 Å². The third-order valence-corrected chi connectivity index (χ3v) is 9.20. The van der Waals surface area contributed by atoms with E-state index in [-0.39, 0.29) is 23.6 Å². The van der Waals surface area contributed by atoms with Crippen molar-refractivity contribution in [3.05, 3.63) is 76.9 Å². The molecule has 36 heavy (non-hydrogen) atoms. The first-order chi connectivity index (χ1) is 17.1. The molecule has 1 aliphatic heterocycles. The van der Waals surface area contributed by atoms with Crippen LogP contribution in [-0.4, -0.2) is 42.1 Å². The van der Waals surface area contributed by atoms with E-state index in [0.29, 0.717) is 31.0 Å². The fraction of sp³-hybridized carbons (Fsp3) is 0.296. The van der Waals surface area contributed by atoms with Gasteiger partial charge < -0.3 is 9.67 Å². The van der Waals surface area contributed by atoms with Crippen molar-refractivity contribution in [2.75, 3.05) is 19.7 Å². The zero-order valence-electron chi connectivity index (χ0n) is 19.9. The van der Waals surface area contributed by atoms with E-state index in [9.17, 15) is 13.5 Å². The summed E-state index contributed by atoms with van der Waals surface area (Å²) < 4.78 is 29.8. The van der Waals surface area contributed by atoms with Gasteiger partial charge in [-0.3, -0.25) is 0 Å². The molecule has 5 rings (SSSR count). The number of rotatable bonds is 7. The molecule has 0 spiro atoms. The van der Waals surface area contributed by atoms with Crippen molar-refractivity contribution in [2.45, 2.75) is 37.1 Å². The quantitative estimate of drug-likeness (QED) is 0.300. The molecule has 0 amide bonds. The van der Waals surface area contributed by atoms with Crippen LogP contribution >= 0.6 is 28.3 Å². The SMILES string of the molecule is Br.O=S(=O)(c1ccc(-c2csc(=Nc3cccc4ccccc34)n2CCCO)cc1)N1CCCCC1. The van der Waals surface area contributed by atoms with Gasteiger partial charge in [0.15, 0.2) is 4.80 Å². The van der Waals surface area contributed by atoms with Crippen molar-refractivity contribution in [1.29, 1.82) is 0 Å². The number of aliphatic hydroxyl groups is 1. The number of piperidine rings is 1. The Morgan fingerprint density at radius 1 is 0.917 bits per heavy atom. The highest BCUT2D eigenvalue weighted by atomic mass is 79.9. The van der Waals surface area contributed by atoms with E-state index < -0.39 is 10.0 Å². The number of sulfonamides is 1. The predicted octanol–water partition coefficient (Wildman–Crippen LogP) is 5.74. The second-order valence-electron chi connectivity index (χ2n) is 8.73. The Morgan fingerprint density at radius 3 is 2.39 bits per heavy atom. The third-order valence-electron chi connectivity index (χ3n) is 6.42. The number of fused-ring (bicyclic) bond motifs is 1. The van der Waals surface area contributed by atoms with Crippen molar-refractivity contribution >= 4 is 54.8 Å². The molecule has 0 atom stereocenters. The maximum atomic E-state index is 13.0. The second kappa shape index (κ2) is 11.8. The molecule has 1 aliphatic rings. The number of aliphatic hydroxyl groups excluding tert-OH is 1. The lowest BCUT2D eigenvalue weighted by Gasteiger charge is -2.25. The fourth-order valence-electron chi connectivity index (χ4n) is 4.56. The van der Waals surface area contributed by atoms with Crippen molar-refractivity contribution in [3.63, 3.8) is 0 Å². The minimum absolute atomic E-state index is 0. The molecule has 2 heterocycles. The van der Waals surface area contributed by atoms with E-state index in [1.165, 1.54) is 0 Å². The van der Waals surface area contributed by atoms with E-state index in [4.69, 9.17) is 4.99 Å². The topological polar surface area (TPSA) is 74.9 Å². The van der Waals surface area contributed by atoms with Crippen molar-refractivity contribution in [1.82, 2.24) is 8.87 Å². The minimum Gasteiger partial charge on any atom is -0.396 e. The monoisotopic (exact) mass is 587 g/mol. The standard InChI is InChI=1S/C27H29N3O3S2.BrH/c31-19-7-18-30-26(20-34-27(30)28-25-11-6-9-21-8-2-3-10-24(21)25)22-12-14-23(15-13-22)35(32,33)29-16-4-1-5-17-29;/h2-3,6,8-15,20,31H,1,4-5,7,16-19H2;1H. The molecule has 1 N–H and O–H groups in total. The molecule has 0 aliphatic carbocycles. The van der Waals surface area contributed by atoms with Gasteiger partial charge in [0.1, 0.15) is 0 Å². The van der Waals surface area contributed by atoms with Crippen LogP contribution in [0.1, 0.15) is 25.7 Å². The molecule has 1 fully saturated rings. The molecule has 1 aromatic heterocycles. The zero-order valence-corrected chi connectivity index (χ0v) is 23.3. The molecule has 9 heteroatoms. The van der Waals surface area contributed by atoms with Gasteiger partial charge >= 0.3 is 0 Å². The molecule has 0 radical (unpaired) electrons. The van der Waals surface area contributed by atoms with Crippen LogP contribution in [0.5, 0.6) is 0 Å². The minimum atomic E-state index is -3.46. The Bertz CT molecular complexity index is 1480. The van der Waals surface area contributed by atoms with Crippen LogP contribution in [-0.2, 0) is 16.6 Å². The summed E-state index contributed by atoms with van der Waals surface area (Å²) in [5.74, 6) is 0. The molecule has 3 aromatic carbocycles. The van der Waals surface area contributed by atoms with Gasteiger partial charge in [0.2, 0.25) is 10.0 Å². The van der Waals surface area contributed by atoms with Gasteiger partial charge in [-0.05, 0) is 48.4 Å². The molecule has 1 saturated heterocycles. The van der Waals surface area contributed by atoms with Crippen LogP contribution < -0.4 is 4.80 Å². The number of halogens is 1. The van der Waals surface area contributed by atoms with E-state index in [2.05, 4.69) is 28.1 Å². The van der Waals surface area contributed by atoms with Crippen LogP contribution in [0.15, 0.2) is 82.0 Å². The van der Waals surface area contributed by atoms with Crippen LogP contribution in [0.2, 0.25) is 0 Å². The molecule has 190 valence electrons. The first-order valence-corrected chi connectivity index (χ1v) is 14.3. The summed E-state index contributed by atoms with van der Waals surface area (Å²) in [6.07, 6.45) is 3.52. The highest BCUT2D eigenvalue weighted by molar-refractivity contribution is 8.93. The first-order valence-electron chi connectivity index (χ1n) is 12.0. The lowest BCUT2D eigenvalue weighted by atomic mass is 10.1. The first kappa shape index (κ1) is 26.8. The number of hydrogen-bond donors (Lipinski definition) is 1. The van der Waals surface area contributed by atoms with Crippen LogP contribution in [0.4, 0.5) is 5.69 Å². The summed E-state index contributed by atoms with van der Waals surface area (Å²) in [5.41, 5.74) is 2.79. The summed E-state index contributed by atoms with van der Waals surface area (Å²) in [4.78, 5) is 6.16. The van der Waals surface area contributed by atoms with Crippen LogP contribution in [0, 0.1) is 0 Å². The highest BCUT2D eigenvalue weighted by Gasteiger charge is 2.25. The normalized spacial score (nSPS) is 15.2. The number of benzene rings is 3. The Balaban J connectivity index is 0.00000304. The summed E-state index contributed by atoms with van der Waals surface area (Å²) >= 11 is 1.55. The van der Waals surface area contributed by atoms with E-state index in [0.717, 1.165) is 51.8 Å². The summed E-state index contributed by atoms with van der Waals surface area (Å²) in [6, 6.07) is 21.4. The van der Waals surface area contributed by atoms with E-state index in [1.807, 2.05) is 36.4 Å². The Kier molecular flexibility index (Phi) is 8.79. The zero-order chi connectivity index (χ0) is 24.3. The van der Waals surface area contributed by atoms with Crippen LogP contribution in [0.25, 0.3) is 22.0 Å². The number of nitrogens with zero attached hydrogens (tertiary/aromatic N) is 3. The lowest BCUT2D eigenvalue weighted by molar-refractivity contribution is 0.279. The van der Waals surface area contributed by atoms with E-state index >= 15 is 0 Å². The maximum absolute atomic E-state index is 13.0. The average molecular weight is 589 g/mol. The molecule has 6 nitrogen and oxygen atoms in total. The van der Waals surface area contributed by atoms with Gasteiger partial charge in [0.05, 0.1) is 16.3 Å². The lowest BCUT2D eigenvalue weighted by Crippen LogP contribution is -2.35. The molecule has 0 unspecified atom stereocenters. The van der Waals surface area contributed by atoms with Crippen LogP contribution in [0.3, 0.4) is 0 Å². The summed E-state index contributed by atoms with van der Waals surface area (Å²) in [5, 5.41) is 13.8. The fourth-order valence-corrected chi connectivity index (χ4v) is 7.02. The highest BCUT2D eigenvalue weighted by Crippen LogP contribution is 2.28. The van der Waals surface area contributed by atoms with E-state index in [1.54, 1.807) is 27.8 Å². The van der Waals surface area contributed by atoms with Gasteiger partial charge in [0, 0.05) is 37.0 Å². The average Bonchev–Trinajstić information content (AvgIpc) is 3.30. The Morgan fingerprint density at radius 2 is 1.64 bits per heavy atom. The van der Waals surface area contributed by atoms with Crippen molar-refractivity contribution in [3.8, 4) is 11.3 Å². The number of thiazole rings is 1. The Hall–Kier alpha value is -2.30. The Labute approximate surface area is 226 Å². The number of aromatic nitrogens is 1. The maximum Gasteiger partial charge on any atom is 0.243 e. The summed E-state index contributed by atoms with van der Waals surface area (Å²) in [7, 11) is -3.46. The molecule has 0 saturated carbocycles. The van der Waals surface area contributed by atoms with Gasteiger partial charge in [-0.15, -0.1) is 28.3 Å². The summed E-state index contributed by atoms with van der Waals surface area (Å²) in [6.45, 7) is 1.89.